The second-order valence-electron chi connectivity index (χ2n) is 5.25. The summed E-state index contributed by atoms with van der Waals surface area (Å²) in [4.78, 5) is 20.7. The number of carbonyl (C=O) groups is 1. The lowest BCUT2D eigenvalue weighted by molar-refractivity contribution is -0.117. The maximum atomic E-state index is 12.3. The van der Waals surface area contributed by atoms with Crippen LogP contribution < -0.4 is 5.32 Å². The molecule has 3 rings (SSSR count). The van der Waals surface area contributed by atoms with Gasteiger partial charge < -0.3 is 5.32 Å². The fourth-order valence-electron chi connectivity index (χ4n) is 2.27. The number of benzene rings is 1. The monoisotopic (exact) mass is 319 g/mol. The molecule has 24 heavy (non-hydrogen) atoms. The average molecular weight is 319 g/mol. The van der Waals surface area contributed by atoms with Gasteiger partial charge in [-0.05, 0) is 30.2 Å². The first kappa shape index (κ1) is 15.6. The molecule has 0 aliphatic carbocycles. The van der Waals surface area contributed by atoms with Crippen LogP contribution in [0.2, 0.25) is 0 Å². The zero-order chi connectivity index (χ0) is 16.8. The highest BCUT2D eigenvalue weighted by atomic mass is 16.1. The van der Waals surface area contributed by atoms with Crippen LogP contribution in [0, 0.1) is 6.92 Å². The minimum absolute atomic E-state index is 0.227. The molecule has 0 saturated heterocycles. The van der Waals surface area contributed by atoms with Crippen molar-refractivity contribution in [1.82, 2.24) is 25.5 Å². The molecule has 3 aromatic rings. The van der Waals surface area contributed by atoms with Crippen LogP contribution in [-0.2, 0) is 4.79 Å². The van der Waals surface area contributed by atoms with Crippen molar-refractivity contribution in [3.63, 3.8) is 0 Å². The zero-order valence-electron chi connectivity index (χ0n) is 13.2. The Labute approximate surface area is 139 Å². The Morgan fingerprint density at radius 2 is 2.04 bits per heavy atom. The van der Waals surface area contributed by atoms with Gasteiger partial charge in [0, 0.05) is 18.5 Å². The highest BCUT2D eigenvalue weighted by molar-refractivity contribution is 5.92. The number of aromatic nitrogens is 4. The summed E-state index contributed by atoms with van der Waals surface area (Å²) in [7, 11) is 0. The summed E-state index contributed by atoms with van der Waals surface area (Å²) in [6, 6.07) is 12.9. The predicted octanol–water partition coefficient (Wildman–Crippen LogP) is 2.43. The van der Waals surface area contributed by atoms with Crippen molar-refractivity contribution in [1.29, 1.82) is 0 Å². The van der Waals surface area contributed by atoms with Crippen molar-refractivity contribution in [3.8, 4) is 0 Å². The Kier molecular flexibility index (Phi) is 4.76. The Morgan fingerprint density at radius 3 is 2.71 bits per heavy atom. The lowest BCUT2D eigenvalue weighted by Crippen LogP contribution is -2.28. The fourth-order valence-corrected chi connectivity index (χ4v) is 2.27. The van der Waals surface area contributed by atoms with Crippen molar-refractivity contribution in [2.75, 3.05) is 0 Å². The van der Waals surface area contributed by atoms with Gasteiger partial charge in [0.15, 0.2) is 5.82 Å². The molecule has 2 heterocycles. The molecule has 2 aromatic heterocycles. The number of aromatic amines is 1. The zero-order valence-corrected chi connectivity index (χ0v) is 13.2. The second kappa shape index (κ2) is 7.32. The third-order valence-electron chi connectivity index (χ3n) is 3.40. The van der Waals surface area contributed by atoms with E-state index in [-0.39, 0.29) is 5.91 Å². The first-order chi connectivity index (χ1) is 11.7. The van der Waals surface area contributed by atoms with E-state index in [9.17, 15) is 4.79 Å². The summed E-state index contributed by atoms with van der Waals surface area (Å²) < 4.78 is 0. The van der Waals surface area contributed by atoms with E-state index < -0.39 is 6.04 Å². The summed E-state index contributed by atoms with van der Waals surface area (Å²) >= 11 is 0. The SMILES string of the molecule is Cc1nc(C(NC(=O)/C=C/c2cccnc2)c2ccccc2)n[nH]1. The van der Waals surface area contributed by atoms with Gasteiger partial charge in [-0.1, -0.05) is 36.4 Å². The summed E-state index contributed by atoms with van der Waals surface area (Å²) in [5.41, 5.74) is 1.78. The molecule has 1 unspecified atom stereocenters. The molecule has 120 valence electrons. The summed E-state index contributed by atoms with van der Waals surface area (Å²) in [5, 5.41) is 9.93. The van der Waals surface area contributed by atoms with Gasteiger partial charge in [-0.15, -0.1) is 0 Å². The molecule has 0 fully saturated rings. The number of nitrogens with one attached hydrogen (secondary N) is 2. The van der Waals surface area contributed by atoms with E-state index in [1.165, 1.54) is 6.08 Å². The maximum absolute atomic E-state index is 12.3. The largest absolute Gasteiger partial charge is 0.338 e. The molecule has 0 aliphatic heterocycles. The van der Waals surface area contributed by atoms with Crippen LogP contribution in [0.5, 0.6) is 0 Å². The average Bonchev–Trinajstić information content (AvgIpc) is 3.05. The van der Waals surface area contributed by atoms with Gasteiger partial charge in [-0.3, -0.25) is 14.9 Å². The molecular weight excluding hydrogens is 302 g/mol. The molecule has 0 bridgehead atoms. The van der Waals surface area contributed by atoms with Gasteiger partial charge in [0.25, 0.3) is 0 Å². The molecule has 1 amide bonds. The van der Waals surface area contributed by atoms with E-state index >= 15 is 0 Å². The molecule has 2 N–H and O–H groups in total. The van der Waals surface area contributed by atoms with E-state index in [0.29, 0.717) is 11.6 Å². The number of hydrogen-bond donors (Lipinski definition) is 2. The van der Waals surface area contributed by atoms with Gasteiger partial charge in [0.2, 0.25) is 5.91 Å². The van der Waals surface area contributed by atoms with E-state index in [1.54, 1.807) is 18.5 Å². The lowest BCUT2D eigenvalue weighted by Gasteiger charge is -2.15. The Hall–Kier alpha value is -3.28. The number of H-pyrrole nitrogens is 1. The number of carbonyl (C=O) groups excluding carboxylic acids is 1. The van der Waals surface area contributed by atoms with Crippen LogP contribution in [0.15, 0.2) is 60.9 Å². The smallest absolute Gasteiger partial charge is 0.244 e. The fraction of sp³-hybridized carbons (Fsp3) is 0.111. The van der Waals surface area contributed by atoms with Crippen molar-refractivity contribution in [3.05, 3.63) is 83.7 Å². The molecule has 6 nitrogen and oxygen atoms in total. The summed E-state index contributed by atoms with van der Waals surface area (Å²) in [6.45, 7) is 1.82. The molecule has 0 saturated carbocycles. The highest BCUT2D eigenvalue weighted by Crippen LogP contribution is 2.18. The standard InChI is InChI=1S/C18H17N5O/c1-13-20-18(23-22-13)17(15-7-3-2-4-8-15)21-16(24)10-9-14-6-5-11-19-12-14/h2-12,17H,1H3,(H,21,24)(H,20,22,23)/b10-9+. The van der Waals surface area contributed by atoms with Crippen LogP contribution in [0.1, 0.15) is 28.8 Å². The van der Waals surface area contributed by atoms with E-state index in [1.807, 2.05) is 49.4 Å². The Balaban J connectivity index is 1.79. The van der Waals surface area contributed by atoms with Crippen molar-refractivity contribution in [2.45, 2.75) is 13.0 Å². The van der Waals surface area contributed by atoms with E-state index in [0.717, 1.165) is 11.1 Å². The third kappa shape index (κ3) is 3.92. The van der Waals surface area contributed by atoms with Gasteiger partial charge in [0.1, 0.15) is 11.9 Å². The third-order valence-corrected chi connectivity index (χ3v) is 3.40. The molecule has 0 spiro atoms. The number of nitrogens with zero attached hydrogens (tertiary/aromatic N) is 3. The van der Waals surface area contributed by atoms with Crippen molar-refractivity contribution >= 4 is 12.0 Å². The molecular formula is C18H17N5O. The number of aryl methyl sites for hydroxylation is 1. The van der Waals surface area contributed by atoms with Gasteiger partial charge >= 0.3 is 0 Å². The lowest BCUT2D eigenvalue weighted by atomic mass is 10.1. The second-order valence-corrected chi connectivity index (χ2v) is 5.25. The van der Waals surface area contributed by atoms with Gasteiger partial charge in [-0.25, -0.2) is 4.98 Å². The number of rotatable bonds is 5. The first-order valence-electron chi connectivity index (χ1n) is 7.55. The number of hydrogen-bond acceptors (Lipinski definition) is 4. The molecule has 1 atom stereocenters. The quantitative estimate of drug-likeness (QED) is 0.708. The molecule has 1 aromatic carbocycles. The summed E-state index contributed by atoms with van der Waals surface area (Å²) in [5.74, 6) is 1.00. The van der Waals surface area contributed by atoms with Crippen LogP contribution in [0.3, 0.4) is 0 Å². The van der Waals surface area contributed by atoms with Crippen molar-refractivity contribution < 1.29 is 4.79 Å². The maximum Gasteiger partial charge on any atom is 0.244 e. The Morgan fingerprint density at radius 1 is 1.21 bits per heavy atom. The summed E-state index contributed by atoms with van der Waals surface area (Å²) in [6.07, 6.45) is 6.57. The van der Waals surface area contributed by atoms with E-state index in [2.05, 4.69) is 25.5 Å². The number of pyridine rings is 1. The van der Waals surface area contributed by atoms with Crippen LogP contribution >= 0.6 is 0 Å². The Bertz CT molecular complexity index is 827. The first-order valence-corrected chi connectivity index (χ1v) is 7.55. The molecule has 0 aliphatic rings. The molecule has 6 heteroatoms. The minimum Gasteiger partial charge on any atom is -0.338 e. The van der Waals surface area contributed by atoms with Gasteiger partial charge in [0.05, 0.1) is 0 Å². The van der Waals surface area contributed by atoms with E-state index in [4.69, 9.17) is 0 Å². The molecule has 0 radical (unpaired) electrons. The van der Waals surface area contributed by atoms with Crippen LogP contribution in [0.4, 0.5) is 0 Å². The van der Waals surface area contributed by atoms with Crippen LogP contribution in [-0.4, -0.2) is 26.1 Å². The van der Waals surface area contributed by atoms with Gasteiger partial charge in [-0.2, -0.15) is 5.10 Å². The normalized spacial score (nSPS) is 12.2. The van der Waals surface area contributed by atoms with Crippen molar-refractivity contribution in [2.24, 2.45) is 0 Å². The number of amides is 1. The van der Waals surface area contributed by atoms with Crippen LogP contribution in [0.25, 0.3) is 6.08 Å². The topological polar surface area (TPSA) is 83.6 Å². The minimum atomic E-state index is -0.415. The highest BCUT2D eigenvalue weighted by Gasteiger charge is 2.19. The predicted molar refractivity (Wildman–Crippen MR) is 90.8 cm³/mol.